The van der Waals surface area contributed by atoms with E-state index in [0.717, 1.165) is 11.3 Å². The van der Waals surface area contributed by atoms with E-state index in [1.807, 2.05) is 38.1 Å². The Morgan fingerprint density at radius 2 is 2.11 bits per heavy atom. The summed E-state index contributed by atoms with van der Waals surface area (Å²) < 4.78 is 6.83. The number of hydrogen-bond donors (Lipinski definition) is 2. The van der Waals surface area contributed by atoms with Gasteiger partial charge in [-0.15, -0.1) is 5.10 Å². The molecule has 2 amide bonds. The van der Waals surface area contributed by atoms with Crippen LogP contribution in [0.4, 0.5) is 4.79 Å². The lowest BCUT2D eigenvalue weighted by atomic mass is 10.0. The molecule has 1 atom stereocenters. The molecule has 28 heavy (non-hydrogen) atoms. The number of carbonyl (C=O) groups is 2. The number of tetrazole rings is 1. The number of benzene rings is 1. The van der Waals surface area contributed by atoms with Crippen molar-refractivity contribution in [3.63, 3.8) is 0 Å². The first-order chi connectivity index (χ1) is 13.5. The van der Waals surface area contributed by atoms with E-state index in [4.69, 9.17) is 4.74 Å². The van der Waals surface area contributed by atoms with Crippen LogP contribution in [0.3, 0.4) is 0 Å². The molecule has 148 valence electrons. The molecule has 0 spiro atoms. The van der Waals surface area contributed by atoms with Crippen molar-refractivity contribution >= 4 is 23.8 Å². The minimum atomic E-state index is -0.434. The second-order valence-corrected chi connectivity index (χ2v) is 7.06. The van der Waals surface area contributed by atoms with Crippen molar-refractivity contribution in [2.45, 2.75) is 38.4 Å². The van der Waals surface area contributed by atoms with E-state index in [-0.39, 0.29) is 12.6 Å². The van der Waals surface area contributed by atoms with Gasteiger partial charge in [0, 0.05) is 11.4 Å². The zero-order chi connectivity index (χ0) is 20.1. The van der Waals surface area contributed by atoms with Gasteiger partial charge in [0.25, 0.3) is 0 Å². The van der Waals surface area contributed by atoms with Crippen molar-refractivity contribution in [3.05, 3.63) is 41.1 Å². The third-order valence-corrected chi connectivity index (χ3v) is 5.22. The average Bonchev–Trinajstić information content (AvgIpc) is 3.14. The van der Waals surface area contributed by atoms with Crippen LogP contribution in [0.1, 0.15) is 25.8 Å². The summed E-state index contributed by atoms with van der Waals surface area (Å²) in [5, 5.41) is 18.0. The Hall–Kier alpha value is -2.88. The number of ether oxygens (including phenoxy) is 1. The van der Waals surface area contributed by atoms with E-state index in [0.29, 0.717) is 28.6 Å². The molecule has 9 nitrogen and oxygen atoms in total. The van der Waals surface area contributed by atoms with Gasteiger partial charge in [-0.1, -0.05) is 36.9 Å². The van der Waals surface area contributed by atoms with Crippen LogP contribution < -0.4 is 10.6 Å². The lowest BCUT2D eigenvalue weighted by Crippen LogP contribution is -2.50. The topological polar surface area (TPSA) is 111 Å². The summed E-state index contributed by atoms with van der Waals surface area (Å²) in [6.07, 6.45) is 0.580. The molecule has 0 saturated heterocycles. The van der Waals surface area contributed by atoms with Crippen LogP contribution in [0.2, 0.25) is 0 Å². The lowest BCUT2D eigenvalue weighted by Gasteiger charge is -2.28. The van der Waals surface area contributed by atoms with Gasteiger partial charge in [0.1, 0.15) is 0 Å². The molecule has 0 radical (unpaired) electrons. The summed E-state index contributed by atoms with van der Waals surface area (Å²) >= 11 is 1.34. The highest BCUT2D eigenvalue weighted by Crippen LogP contribution is 2.25. The third kappa shape index (κ3) is 4.16. The van der Waals surface area contributed by atoms with E-state index in [2.05, 4.69) is 26.2 Å². The number of thioether (sulfide) groups is 1. The number of nitrogens with zero attached hydrogens (tertiary/aromatic N) is 4. The molecule has 10 heteroatoms. The van der Waals surface area contributed by atoms with Crippen LogP contribution >= 0.6 is 11.8 Å². The average molecular weight is 402 g/mol. The molecule has 0 saturated carbocycles. The third-order valence-electron chi connectivity index (χ3n) is 4.28. The van der Waals surface area contributed by atoms with Gasteiger partial charge in [-0.25, -0.2) is 9.59 Å². The summed E-state index contributed by atoms with van der Waals surface area (Å²) in [6, 6.07) is 7.04. The number of aryl methyl sites for hydroxylation is 1. The maximum atomic E-state index is 12.5. The number of aromatic nitrogens is 4. The van der Waals surface area contributed by atoms with Gasteiger partial charge < -0.3 is 15.4 Å². The second kappa shape index (κ2) is 8.87. The standard InChI is InChI=1S/C18H22N6O3S/c1-4-12-15(16(25)27-5-2)13(20-17(26)19-12)10-28-18-21-22-23-24(18)14-9-7-6-8-11(14)3/h6-9,12H,4-5,10H2,1-3H3,(H2,19,20,26)/t12-/m1/s1. The van der Waals surface area contributed by atoms with E-state index in [9.17, 15) is 9.59 Å². The highest BCUT2D eigenvalue weighted by Gasteiger charge is 2.31. The highest BCUT2D eigenvalue weighted by atomic mass is 32.2. The molecular weight excluding hydrogens is 380 g/mol. The Bertz CT molecular complexity index is 910. The number of esters is 1. The van der Waals surface area contributed by atoms with Crippen LogP contribution in [0.15, 0.2) is 40.7 Å². The number of nitrogens with one attached hydrogen (secondary N) is 2. The van der Waals surface area contributed by atoms with Crippen LogP contribution in [0.5, 0.6) is 0 Å². The van der Waals surface area contributed by atoms with Crippen LogP contribution in [0.25, 0.3) is 5.69 Å². The molecule has 0 bridgehead atoms. The molecule has 0 unspecified atom stereocenters. The predicted octanol–water partition coefficient (Wildman–Crippen LogP) is 1.97. The zero-order valence-corrected chi connectivity index (χ0v) is 16.7. The van der Waals surface area contributed by atoms with Crippen LogP contribution in [-0.4, -0.2) is 50.6 Å². The first kappa shape index (κ1) is 19.9. The monoisotopic (exact) mass is 402 g/mol. The van der Waals surface area contributed by atoms with Gasteiger partial charge in [0.15, 0.2) is 0 Å². The fourth-order valence-electron chi connectivity index (χ4n) is 2.93. The van der Waals surface area contributed by atoms with Crippen molar-refractivity contribution in [2.75, 3.05) is 12.4 Å². The van der Waals surface area contributed by atoms with Crippen LogP contribution in [0, 0.1) is 6.92 Å². The smallest absolute Gasteiger partial charge is 0.337 e. The molecular formula is C18H22N6O3S. The summed E-state index contributed by atoms with van der Waals surface area (Å²) in [6.45, 7) is 5.89. The summed E-state index contributed by atoms with van der Waals surface area (Å²) in [4.78, 5) is 24.5. The normalized spacial score (nSPS) is 16.5. The Morgan fingerprint density at radius 1 is 1.32 bits per heavy atom. The molecule has 1 aliphatic rings. The van der Waals surface area contributed by atoms with E-state index in [1.54, 1.807) is 11.6 Å². The Balaban J connectivity index is 1.88. The molecule has 2 aromatic rings. The number of carbonyl (C=O) groups excluding carboxylic acids is 2. The number of rotatable bonds is 7. The van der Waals surface area contributed by atoms with Crippen molar-refractivity contribution in [2.24, 2.45) is 0 Å². The molecule has 0 fully saturated rings. The first-order valence-corrected chi connectivity index (χ1v) is 9.98. The maximum absolute atomic E-state index is 12.5. The molecule has 3 rings (SSSR count). The summed E-state index contributed by atoms with van der Waals surface area (Å²) in [5.41, 5.74) is 2.85. The molecule has 1 aromatic carbocycles. The van der Waals surface area contributed by atoms with Gasteiger partial charge in [-0.3, -0.25) is 0 Å². The quantitative estimate of drug-likeness (QED) is 0.538. The number of hydrogen-bond acceptors (Lipinski definition) is 7. The Labute approximate surface area is 166 Å². The highest BCUT2D eigenvalue weighted by molar-refractivity contribution is 7.99. The predicted molar refractivity (Wildman–Crippen MR) is 104 cm³/mol. The molecule has 1 aliphatic heterocycles. The Kier molecular flexibility index (Phi) is 6.30. The van der Waals surface area contributed by atoms with Crippen molar-refractivity contribution in [1.29, 1.82) is 0 Å². The number of urea groups is 1. The van der Waals surface area contributed by atoms with Crippen molar-refractivity contribution in [3.8, 4) is 5.69 Å². The molecule has 1 aromatic heterocycles. The van der Waals surface area contributed by atoms with Gasteiger partial charge in [-0.2, -0.15) is 4.68 Å². The Morgan fingerprint density at radius 3 is 2.82 bits per heavy atom. The molecule has 2 heterocycles. The minimum absolute atomic E-state index is 0.263. The second-order valence-electron chi connectivity index (χ2n) is 6.12. The summed E-state index contributed by atoms with van der Waals surface area (Å²) in [5.74, 6) is -0.111. The SMILES string of the molecule is CCOC(=O)C1=C(CSc2nnnn2-c2ccccc2C)NC(=O)N[C@@H]1CC. The zero-order valence-electron chi connectivity index (χ0n) is 15.9. The molecule has 0 aliphatic carbocycles. The fraction of sp³-hybridized carbons (Fsp3) is 0.389. The van der Waals surface area contributed by atoms with Gasteiger partial charge >= 0.3 is 12.0 Å². The van der Waals surface area contributed by atoms with Crippen LogP contribution in [-0.2, 0) is 9.53 Å². The van der Waals surface area contributed by atoms with E-state index in [1.165, 1.54) is 11.8 Å². The van der Waals surface area contributed by atoms with Crippen molar-refractivity contribution in [1.82, 2.24) is 30.8 Å². The lowest BCUT2D eigenvalue weighted by molar-refractivity contribution is -0.139. The maximum Gasteiger partial charge on any atom is 0.337 e. The largest absolute Gasteiger partial charge is 0.463 e. The molecule has 2 N–H and O–H groups in total. The van der Waals surface area contributed by atoms with Gasteiger partial charge in [0.2, 0.25) is 5.16 Å². The minimum Gasteiger partial charge on any atom is -0.463 e. The summed E-state index contributed by atoms with van der Waals surface area (Å²) in [7, 11) is 0. The fourth-order valence-corrected chi connectivity index (χ4v) is 3.79. The first-order valence-electron chi connectivity index (χ1n) is 9.00. The van der Waals surface area contributed by atoms with Gasteiger partial charge in [0.05, 0.1) is 23.9 Å². The van der Waals surface area contributed by atoms with E-state index >= 15 is 0 Å². The van der Waals surface area contributed by atoms with E-state index < -0.39 is 12.0 Å². The number of amides is 2. The van der Waals surface area contributed by atoms with Gasteiger partial charge in [-0.05, 0) is 42.3 Å². The number of para-hydroxylation sites is 1. The van der Waals surface area contributed by atoms with Crippen molar-refractivity contribution < 1.29 is 14.3 Å².